The van der Waals surface area contributed by atoms with Gasteiger partial charge in [0.2, 0.25) is 5.43 Å². The van der Waals surface area contributed by atoms with E-state index in [-0.39, 0.29) is 11.1 Å². The highest BCUT2D eigenvalue weighted by Crippen LogP contribution is 2.37. The molecule has 0 aliphatic heterocycles. The highest BCUT2D eigenvalue weighted by molar-refractivity contribution is 7.16. The molecule has 142 valence electrons. The first-order valence-electron chi connectivity index (χ1n) is 9.09. The maximum Gasteiger partial charge on any atom is 0.280 e. The Balaban J connectivity index is 1.78. The van der Waals surface area contributed by atoms with Gasteiger partial charge in [-0.3, -0.25) is 14.3 Å². The van der Waals surface area contributed by atoms with Crippen LogP contribution in [0.4, 0.5) is 9.39 Å². The van der Waals surface area contributed by atoms with Crippen molar-refractivity contribution in [2.24, 2.45) is 0 Å². The van der Waals surface area contributed by atoms with Crippen LogP contribution in [0.15, 0.2) is 23.0 Å². The molecule has 0 spiro atoms. The van der Waals surface area contributed by atoms with Crippen molar-refractivity contribution in [2.75, 3.05) is 5.32 Å². The van der Waals surface area contributed by atoms with Crippen molar-refractivity contribution in [1.29, 1.82) is 5.26 Å². The van der Waals surface area contributed by atoms with Crippen LogP contribution in [-0.2, 0) is 19.4 Å². The molecule has 2 heterocycles. The molecule has 0 bridgehead atoms. The number of carbonyl (C=O) groups excluding carboxylic acids is 1. The summed E-state index contributed by atoms with van der Waals surface area (Å²) >= 11 is 1.38. The summed E-state index contributed by atoms with van der Waals surface area (Å²) in [6.45, 7) is 2.24. The third-order valence-corrected chi connectivity index (χ3v) is 6.15. The van der Waals surface area contributed by atoms with E-state index in [4.69, 9.17) is 0 Å². The lowest BCUT2D eigenvalue weighted by molar-refractivity contribution is 0.101. The van der Waals surface area contributed by atoms with E-state index >= 15 is 0 Å². The first kappa shape index (κ1) is 18.3. The third-order valence-electron chi connectivity index (χ3n) is 4.94. The number of anilines is 1. The van der Waals surface area contributed by atoms with Crippen molar-refractivity contribution in [1.82, 2.24) is 9.78 Å². The molecule has 0 radical (unpaired) electrons. The summed E-state index contributed by atoms with van der Waals surface area (Å²) in [6.07, 6.45) is 3.79. The predicted molar refractivity (Wildman–Crippen MR) is 105 cm³/mol. The van der Waals surface area contributed by atoms with Gasteiger partial charge in [-0.25, -0.2) is 4.39 Å². The van der Waals surface area contributed by atoms with Crippen molar-refractivity contribution in [3.05, 3.63) is 55.9 Å². The van der Waals surface area contributed by atoms with Crippen LogP contribution in [0.1, 0.15) is 46.3 Å². The molecule has 1 amide bonds. The van der Waals surface area contributed by atoms with Crippen LogP contribution in [0.2, 0.25) is 0 Å². The Bertz CT molecular complexity index is 1210. The zero-order chi connectivity index (χ0) is 19.8. The number of rotatable bonds is 3. The van der Waals surface area contributed by atoms with Crippen LogP contribution in [0.25, 0.3) is 10.9 Å². The van der Waals surface area contributed by atoms with Crippen LogP contribution in [0.3, 0.4) is 0 Å². The van der Waals surface area contributed by atoms with Crippen LogP contribution >= 0.6 is 11.3 Å². The van der Waals surface area contributed by atoms with Crippen LogP contribution in [-0.4, -0.2) is 15.7 Å². The lowest BCUT2D eigenvalue weighted by Gasteiger charge is -2.10. The second-order valence-corrected chi connectivity index (χ2v) is 7.74. The van der Waals surface area contributed by atoms with E-state index in [9.17, 15) is 19.2 Å². The molecule has 1 aromatic carbocycles. The van der Waals surface area contributed by atoms with Crippen molar-refractivity contribution in [3.8, 4) is 6.07 Å². The van der Waals surface area contributed by atoms with Crippen LogP contribution in [0.5, 0.6) is 0 Å². The fourth-order valence-corrected chi connectivity index (χ4v) is 4.82. The number of nitrogens with one attached hydrogen (secondary N) is 1. The normalized spacial score (nSPS) is 13.2. The number of nitriles is 1. The maximum atomic E-state index is 13.7. The number of benzene rings is 1. The van der Waals surface area contributed by atoms with E-state index in [1.165, 1.54) is 28.2 Å². The minimum atomic E-state index is -0.687. The Morgan fingerprint density at radius 2 is 2.18 bits per heavy atom. The Morgan fingerprint density at radius 1 is 1.39 bits per heavy atom. The number of nitrogens with zero attached hydrogens (tertiary/aromatic N) is 3. The van der Waals surface area contributed by atoms with Gasteiger partial charge >= 0.3 is 0 Å². The summed E-state index contributed by atoms with van der Waals surface area (Å²) < 4.78 is 15.2. The molecule has 6 nitrogen and oxygen atoms in total. The molecule has 4 rings (SSSR count). The Kier molecular flexibility index (Phi) is 4.69. The average Bonchev–Trinajstić information content (AvgIpc) is 3.05. The topological polar surface area (TPSA) is 87.8 Å². The molecular formula is C20H17FN4O2S. The Hall–Kier alpha value is -3.05. The molecule has 0 saturated carbocycles. The lowest BCUT2D eigenvalue weighted by Crippen LogP contribution is -2.27. The molecule has 0 saturated heterocycles. The number of hydrogen-bond donors (Lipinski definition) is 1. The van der Waals surface area contributed by atoms with Gasteiger partial charge in [-0.2, -0.15) is 10.4 Å². The number of fused-ring (bicyclic) bond motifs is 2. The number of hydrogen-bond acceptors (Lipinski definition) is 5. The summed E-state index contributed by atoms with van der Waals surface area (Å²) in [7, 11) is 0. The van der Waals surface area contributed by atoms with Gasteiger partial charge in [0.25, 0.3) is 5.91 Å². The van der Waals surface area contributed by atoms with Crippen molar-refractivity contribution in [2.45, 2.75) is 39.2 Å². The monoisotopic (exact) mass is 396 g/mol. The van der Waals surface area contributed by atoms with Crippen LogP contribution in [0, 0.1) is 17.1 Å². The van der Waals surface area contributed by atoms with Gasteiger partial charge in [0, 0.05) is 11.4 Å². The lowest BCUT2D eigenvalue weighted by atomic mass is 9.96. The van der Waals surface area contributed by atoms with E-state index in [0.717, 1.165) is 42.2 Å². The number of halogens is 1. The summed E-state index contributed by atoms with van der Waals surface area (Å²) in [4.78, 5) is 26.7. The molecule has 1 N–H and O–H groups in total. The van der Waals surface area contributed by atoms with E-state index in [0.29, 0.717) is 22.6 Å². The van der Waals surface area contributed by atoms with E-state index in [2.05, 4.69) is 16.5 Å². The highest BCUT2D eigenvalue weighted by Gasteiger charge is 2.24. The van der Waals surface area contributed by atoms with Gasteiger partial charge in [0.05, 0.1) is 16.5 Å². The summed E-state index contributed by atoms with van der Waals surface area (Å²) in [5.41, 5.74) is 0.991. The smallest absolute Gasteiger partial charge is 0.280 e. The molecule has 0 atom stereocenters. The van der Waals surface area contributed by atoms with Crippen LogP contribution < -0.4 is 10.7 Å². The van der Waals surface area contributed by atoms with Crippen molar-refractivity contribution >= 4 is 33.1 Å². The maximum absolute atomic E-state index is 13.7. The molecule has 3 aromatic rings. The zero-order valence-electron chi connectivity index (χ0n) is 15.2. The second kappa shape index (κ2) is 7.17. The van der Waals surface area contributed by atoms with Gasteiger partial charge in [-0.05, 0) is 56.4 Å². The molecule has 0 fully saturated rings. The summed E-state index contributed by atoms with van der Waals surface area (Å²) in [5, 5.41) is 17.0. The third kappa shape index (κ3) is 2.98. The number of aryl methyl sites for hydroxylation is 2. The van der Waals surface area contributed by atoms with Gasteiger partial charge in [0.1, 0.15) is 16.9 Å². The van der Waals surface area contributed by atoms with E-state index in [1.807, 2.05) is 6.92 Å². The van der Waals surface area contributed by atoms with Gasteiger partial charge in [-0.15, -0.1) is 11.3 Å². The minimum Gasteiger partial charge on any atom is -0.311 e. The summed E-state index contributed by atoms with van der Waals surface area (Å²) in [6, 6.07) is 6.03. The van der Waals surface area contributed by atoms with E-state index < -0.39 is 17.2 Å². The molecule has 8 heteroatoms. The standard InChI is InChI=1S/C20H17FN4O2S/c1-2-25-15-8-7-11(21)9-13(15)18(26)17(24-25)19(27)23-20-14(10-22)12-5-3-4-6-16(12)28-20/h7-9H,2-6H2,1H3,(H,23,27). The van der Waals surface area contributed by atoms with Crippen molar-refractivity contribution < 1.29 is 9.18 Å². The van der Waals surface area contributed by atoms with E-state index in [1.54, 1.807) is 0 Å². The van der Waals surface area contributed by atoms with Gasteiger partial charge in [-0.1, -0.05) is 0 Å². The number of thiophene rings is 1. The average molecular weight is 396 g/mol. The zero-order valence-corrected chi connectivity index (χ0v) is 16.0. The highest BCUT2D eigenvalue weighted by atomic mass is 32.1. The second-order valence-electron chi connectivity index (χ2n) is 6.64. The number of aromatic nitrogens is 2. The first-order chi connectivity index (χ1) is 13.5. The molecule has 1 aliphatic carbocycles. The van der Waals surface area contributed by atoms with Gasteiger partial charge in [0.15, 0.2) is 5.69 Å². The molecule has 0 unspecified atom stereocenters. The number of carbonyl (C=O) groups is 1. The predicted octanol–water partition coefficient (Wildman–Crippen LogP) is 3.62. The molecular weight excluding hydrogens is 379 g/mol. The molecule has 2 aromatic heterocycles. The largest absolute Gasteiger partial charge is 0.311 e. The van der Waals surface area contributed by atoms with Gasteiger partial charge < -0.3 is 5.32 Å². The quantitative estimate of drug-likeness (QED) is 0.732. The first-order valence-corrected chi connectivity index (χ1v) is 9.91. The van der Waals surface area contributed by atoms with Crippen molar-refractivity contribution in [3.63, 3.8) is 0 Å². The number of amides is 1. The SMILES string of the molecule is CCn1nc(C(=O)Nc2sc3c(c2C#N)CCCC3)c(=O)c2cc(F)ccc21. The Labute approximate surface area is 164 Å². The Morgan fingerprint density at radius 3 is 2.93 bits per heavy atom. The summed E-state index contributed by atoms with van der Waals surface area (Å²) in [5.74, 6) is -1.24. The minimum absolute atomic E-state index is 0.105. The fraction of sp³-hybridized carbons (Fsp3) is 0.300. The fourth-order valence-electron chi connectivity index (χ4n) is 3.59. The molecule has 28 heavy (non-hydrogen) atoms. The molecule has 1 aliphatic rings.